The second-order valence-electron chi connectivity index (χ2n) is 6.62. The van der Waals surface area contributed by atoms with Gasteiger partial charge in [-0.1, -0.05) is 0 Å². The Kier molecular flexibility index (Phi) is 7.56. The Balaban J connectivity index is 1.44. The van der Waals surface area contributed by atoms with Crippen molar-refractivity contribution in [3.05, 3.63) is 79.4 Å². The molecule has 1 heterocycles. The van der Waals surface area contributed by atoms with Crippen LogP contribution in [0.3, 0.4) is 0 Å². The van der Waals surface area contributed by atoms with Crippen molar-refractivity contribution in [2.24, 2.45) is 0 Å². The Bertz CT molecular complexity index is 1210. The average Bonchev–Trinajstić information content (AvgIpc) is 3.21. The third-order valence-electron chi connectivity index (χ3n) is 4.45. The van der Waals surface area contributed by atoms with Gasteiger partial charge in [-0.2, -0.15) is 0 Å². The fraction of sp³-hybridized carbons (Fsp3) is 0.167. The number of aromatic nitrogens is 1. The first kappa shape index (κ1) is 22.5. The zero-order valence-electron chi connectivity index (χ0n) is 17.6. The van der Waals surface area contributed by atoms with Crippen LogP contribution in [0.15, 0.2) is 66.7 Å². The van der Waals surface area contributed by atoms with Crippen LogP contribution in [0.2, 0.25) is 0 Å². The number of hydrogen-bond acceptors (Lipinski definition) is 6. The quantitative estimate of drug-likeness (QED) is 0.193. The molecule has 0 bridgehead atoms. The number of carbonyl (C=O) groups is 1. The maximum atomic E-state index is 12.8. The van der Waals surface area contributed by atoms with E-state index < -0.39 is 21.2 Å². The molecule has 4 rings (SSSR count). The van der Waals surface area contributed by atoms with Crippen LogP contribution in [-0.4, -0.2) is 31.4 Å². The first-order valence-electron chi connectivity index (χ1n) is 9.96. The van der Waals surface area contributed by atoms with Crippen LogP contribution in [-0.2, 0) is 4.74 Å². The first-order valence-corrected chi connectivity index (χ1v) is 12.9. The molecule has 1 amide bonds. The van der Waals surface area contributed by atoms with Crippen LogP contribution >= 0.6 is 11.3 Å². The van der Waals surface area contributed by atoms with Crippen LogP contribution in [0.1, 0.15) is 17.3 Å². The summed E-state index contributed by atoms with van der Waals surface area (Å²) in [6, 6.07) is 21.5. The summed E-state index contributed by atoms with van der Waals surface area (Å²) in [6.07, 6.45) is 0. The van der Waals surface area contributed by atoms with Crippen LogP contribution in [0.4, 0.5) is 5.13 Å². The van der Waals surface area contributed by atoms with E-state index in [1.54, 1.807) is 7.11 Å². The van der Waals surface area contributed by atoms with Gasteiger partial charge in [0.05, 0.1) is 0 Å². The van der Waals surface area contributed by atoms with Gasteiger partial charge in [0.1, 0.15) is 0 Å². The standard InChI is InChI=1S/C24H22IN2O4S/c1-3-30-15-31-20-11-12-21-22(14-20)32-24(26-21)27-23(28)16-5-4-6-18(13-16)25-17-7-9-19(29-2)10-8-17/h4-14H,3,15H2,1-2H3,(H,26,27,28)/q-1. The van der Waals surface area contributed by atoms with E-state index in [9.17, 15) is 4.79 Å². The zero-order chi connectivity index (χ0) is 22.3. The van der Waals surface area contributed by atoms with E-state index in [4.69, 9.17) is 14.2 Å². The molecule has 166 valence electrons. The van der Waals surface area contributed by atoms with Crippen LogP contribution in [0.5, 0.6) is 11.5 Å². The predicted octanol–water partition coefficient (Wildman–Crippen LogP) is 2.06. The molecule has 3 aromatic carbocycles. The first-order chi connectivity index (χ1) is 15.6. The van der Waals surface area contributed by atoms with Gasteiger partial charge in [0.15, 0.2) is 0 Å². The fourth-order valence-electron chi connectivity index (χ4n) is 2.86. The summed E-state index contributed by atoms with van der Waals surface area (Å²) < 4.78 is 19.4. The number of carbonyl (C=O) groups excluding carboxylic acids is 1. The molecule has 0 unspecified atom stereocenters. The van der Waals surface area contributed by atoms with Gasteiger partial charge >= 0.3 is 183 Å². The number of ether oxygens (including phenoxy) is 3. The van der Waals surface area contributed by atoms with Gasteiger partial charge < -0.3 is 4.74 Å². The van der Waals surface area contributed by atoms with Gasteiger partial charge in [0.2, 0.25) is 0 Å². The van der Waals surface area contributed by atoms with E-state index >= 15 is 0 Å². The van der Waals surface area contributed by atoms with Gasteiger partial charge in [0, 0.05) is 6.61 Å². The van der Waals surface area contributed by atoms with Crippen LogP contribution in [0, 0.1) is 7.14 Å². The van der Waals surface area contributed by atoms with Gasteiger partial charge in [0.25, 0.3) is 0 Å². The number of methoxy groups -OCH3 is 1. The number of rotatable bonds is 9. The van der Waals surface area contributed by atoms with Crippen LogP contribution in [0.25, 0.3) is 10.2 Å². The molecule has 0 aliphatic rings. The average molecular weight is 561 g/mol. The predicted molar refractivity (Wildman–Crippen MR) is 122 cm³/mol. The number of amides is 1. The number of fused-ring (bicyclic) bond motifs is 1. The Labute approximate surface area is 200 Å². The summed E-state index contributed by atoms with van der Waals surface area (Å²) >= 11 is 1.02. The Hall–Kier alpha value is -2.69. The summed E-state index contributed by atoms with van der Waals surface area (Å²) in [6.45, 7) is 2.73. The van der Waals surface area contributed by atoms with E-state index in [-0.39, 0.29) is 12.7 Å². The van der Waals surface area contributed by atoms with Crippen molar-refractivity contribution < 1.29 is 40.2 Å². The molecule has 32 heavy (non-hydrogen) atoms. The number of anilines is 1. The Morgan fingerprint density at radius 1 is 1.03 bits per heavy atom. The number of nitrogens with one attached hydrogen (secondary N) is 1. The molecular weight excluding hydrogens is 539 g/mol. The third kappa shape index (κ3) is 5.76. The molecule has 0 fully saturated rings. The number of halogens is 1. The molecule has 0 spiro atoms. The SMILES string of the molecule is CCOCOc1ccc2nc(NC(=O)c3cccc([I-]c4ccc(OC)cc4)c3)sc2c1. The number of thiazole rings is 1. The van der Waals surface area contributed by atoms with Gasteiger partial charge in [-0.3, -0.25) is 0 Å². The van der Waals surface area contributed by atoms with E-state index in [1.807, 2.05) is 55.5 Å². The van der Waals surface area contributed by atoms with Crippen molar-refractivity contribution in [3.8, 4) is 11.5 Å². The topological polar surface area (TPSA) is 69.7 Å². The minimum atomic E-state index is -0.392. The summed E-state index contributed by atoms with van der Waals surface area (Å²) in [7, 11) is 1.66. The minimum absolute atomic E-state index is 0.169. The summed E-state index contributed by atoms with van der Waals surface area (Å²) in [4.78, 5) is 17.3. The molecule has 8 heteroatoms. The van der Waals surface area contributed by atoms with Crippen molar-refractivity contribution in [2.75, 3.05) is 25.8 Å². The van der Waals surface area contributed by atoms with E-state index in [0.29, 0.717) is 23.1 Å². The summed E-state index contributed by atoms with van der Waals surface area (Å²) in [5, 5.41) is 3.48. The molecule has 1 aromatic heterocycles. The van der Waals surface area contributed by atoms with Gasteiger partial charge in [-0.05, 0) is 6.92 Å². The monoisotopic (exact) mass is 561 g/mol. The van der Waals surface area contributed by atoms with Gasteiger partial charge in [-0.25, -0.2) is 0 Å². The maximum absolute atomic E-state index is 12.8. The summed E-state index contributed by atoms with van der Waals surface area (Å²) in [5.74, 6) is 1.38. The molecule has 0 saturated heterocycles. The van der Waals surface area contributed by atoms with E-state index in [2.05, 4.69) is 28.5 Å². The second kappa shape index (κ2) is 10.8. The van der Waals surface area contributed by atoms with E-state index in [0.717, 1.165) is 16.0 Å². The molecular formula is C24H22IN2O4S-. The third-order valence-corrected chi connectivity index (χ3v) is 8.02. The summed E-state index contributed by atoms with van der Waals surface area (Å²) in [5.41, 5.74) is 1.43. The van der Waals surface area contributed by atoms with Crippen molar-refractivity contribution in [2.45, 2.75) is 6.92 Å². The van der Waals surface area contributed by atoms with Crippen molar-refractivity contribution in [3.63, 3.8) is 0 Å². The molecule has 4 aromatic rings. The Morgan fingerprint density at radius 3 is 2.62 bits per heavy atom. The molecule has 1 N–H and O–H groups in total. The fourth-order valence-corrected chi connectivity index (χ4v) is 6.06. The van der Waals surface area contributed by atoms with Crippen molar-refractivity contribution >= 4 is 32.6 Å². The molecule has 0 aliphatic carbocycles. The normalized spacial score (nSPS) is 10.9. The Morgan fingerprint density at radius 2 is 1.84 bits per heavy atom. The van der Waals surface area contributed by atoms with Crippen LogP contribution < -0.4 is 36.0 Å². The second-order valence-corrected chi connectivity index (χ2v) is 10.7. The zero-order valence-corrected chi connectivity index (χ0v) is 20.6. The molecule has 6 nitrogen and oxygen atoms in total. The molecule has 0 aliphatic heterocycles. The van der Waals surface area contributed by atoms with Gasteiger partial charge in [-0.15, -0.1) is 0 Å². The molecule has 0 radical (unpaired) electrons. The van der Waals surface area contributed by atoms with Crippen molar-refractivity contribution in [1.29, 1.82) is 0 Å². The van der Waals surface area contributed by atoms with E-state index in [1.165, 1.54) is 18.5 Å². The number of nitrogens with zero attached hydrogens (tertiary/aromatic N) is 1. The number of hydrogen-bond donors (Lipinski definition) is 1. The van der Waals surface area contributed by atoms with Crippen molar-refractivity contribution in [1.82, 2.24) is 4.98 Å². The number of benzene rings is 3. The molecule has 0 saturated carbocycles. The molecule has 0 atom stereocenters.